The molecular formula is C26H33FN4O2. The summed E-state index contributed by atoms with van der Waals surface area (Å²) in [5.41, 5.74) is 1.03. The van der Waals surface area contributed by atoms with E-state index in [1.807, 2.05) is 17.9 Å². The first-order valence-corrected chi connectivity index (χ1v) is 11.8. The Hall–Kier alpha value is -2.83. The highest BCUT2D eigenvalue weighted by Gasteiger charge is 2.47. The summed E-state index contributed by atoms with van der Waals surface area (Å²) in [7, 11) is 3.42. The van der Waals surface area contributed by atoms with Crippen molar-refractivity contribution in [2.75, 3.05) is 27.2 Å². The molecule has 1 aliphatic carbocycles. The topological polar surface area (TPSA) is 66.4 Å². The van der Waals surface area contributed by atoms with E-state index in [0.29, 0.717) is 24.6 Å². The quantitative estimate of drug-likeness (QED) is 0.703. The molecule has 2 aliphatic rings. The monoisotopic (exact) mass is 452 g/mol. The fourth-order valence-electron chi connectivity index (χ4n) is 5.30. The largest absolute Gasteiger partial charge is 0.343 e. The molecule has 2 fully saturated rings. The Labute approximate surface area is 195 Å². The fraction of sp³-hybridized carbons (Fsp3) is 0.538. The van der Waals surface area contributed by atoms with Crippen LogP contribution >= 0.6 is 0 Å². The number of nitrogens with zero attached hydrogens (tertiary/aromatic N) is 4. The van der Waals surface area contributed by atoms with Gasteiger partial charge in [0.15, 0.2) is 0 Å². The summed E-state index contributed by atoms with van der Waals surface area (Å²) in [5, 5.41) is 0. The Bertz CT molecular complexity index is 1050. The molecule has 176 valence electrons. The minimum Gasteiger partial charge on any atom is -0.343 e. The van der Waals surface area contributed by atoms with Crippen molar-refractivity contribution < 1.29 is 14.0 Å². The molecule has 1 saturated heterocycles. The van der Waals surface area contributed by atoms with E-state index in [1.54, 1.807) is 26.2 Å². The molecule has 0 bridgehead atoms. The number of halogens is 1. The van der Waals surface area contributed by atoms with Crippen LogP contribution in [0.25, 0.3) is 0 Å². The molecule has 4 rings (SSSR count). The average molecular weight is 453 g/mol. The molecule has 6 nitrogen and oxygen atoms in total. The van der Waals surface area contributed by atoms with Gasteiger partial charge < -0.3 is 9.80 Å². The summed E-state index contributed by atoms with van der Waals surface area (Å²) in [6, 6.07) is 8.27. The zero-order valence-corrected chi connectivity index (χ0v) is 20.0. The molecule has 0 N–H and O–H groups in total. The maximum absolute atomic E-state index is 14.0. The lowest BCUT2D eigenvalue weighted by molar-refractivity contribution is -0.139. The van der Waals surface area contributed by atoms with E-state index in [2.05, 4.69) is 16.9 Å². The van der Waals surface area contributed by atoms with Gasteiger partial charge in [-0.1, -0.05) is 31.9 Å². The number of hydrogen-bond acceptors (Lipinski definition) is 4. The number of aryl methyl sites for hydroxylation is 1. The molecule has 0 radical (unpaired) electrons. The first-order chi connectivity index (χ1) is 15.6. The summed E-state index contributed by atoms with van der Waals surface area (Å²) < 4.78 is 14.0. The van der Waals surface area contributed by atoms with Crippen LogP contribution in [-0.4, -0.2) is 58.8 Å². The van der Waals surface area contributed by atoms with Crippen LogP contribution in [0.3, 0.4) is 0 Å². The molecule has 0 unspecified atom stereocenters. The van der Waals surface area contributed by atoms with Gasteiger partial charge in [0.2, 0.25) is 5.91 Å². The highest BCUT2D eigenvalue weighted by Crippen LogP contribution is 2.44. The van der Waals surface area contributed by atoms with Gasteiger partial charge >= 0.3 is 0 Å². The first kappa shape index (κ1) is 23.3. The smallest absolute Gasteiger partial charge is 0.272 e. The molecule has 2 heterocycles. The highest BCUT2D eigenvalue weighted by molar-refractivity contribution is 5.92. The van der Waals surface area contributed by atoms with E-state index >= 15 is 0 Å². The number of aromatic nitrogens is 2. The molecule has 2 amide bonds. The van der Waals surface area contributed by atoms with Crippen LogP contribution in [0, 0.1) is 12.7 Å². The lowest BCUT2D eigenvalue weighted by Gasteiger charge is -2.42. The Morgan fingerprint density at radius 1 is 1.03 bits per heavy atom. The van der Waals surface area contributed by atoms with Crippen molar-refractivity contribution in [1.29, 1.82) is 0 Å². The van der Waals surface area contributed by atoms with E-state index in [4.69, 9.17) is 0 Å². The first-order valence-electron chi connectivity index (χ1n) is 11.8. The number of benzene rings is 1. The molecule has 33 heavy (non-hydrogen) atoms. The fourth-order valence-corrected chi connectivity index (χ4v) is 5.30. The van der Waals surface area contributed by atoms with Crippen molar-refractivity contribution in [3.63, 3.8) is 0 Å². The second-order valence-electron chi connectivity index (χ2n) is 10.1. The molecule has 2 aromatic rings. The lowest BCUT2D eigenvalue weighted by Crippen LogP contribution is -2.51. The molecule has 1 aromatic carbocycles. The number of piperidine rings is 1. The molecule has 1 aromatic heterocycles. The third-order valence-electron chi connectivity index (χ3n) is 7.42. The lowest BCUT2D eigenvalue weighted by atomic mass is 9.75. The van der Waals surface area contributed by atoms with Crippen molar-refractivity contribution >= 4 is 11.8 Å². The Morgan fingerprint density at radius 3 is 2.30 bits per heavy atom. The Balaban J connectivity index is 1.55. The van der Waals surface area contributed by atoms with Crippen LogP contribution in [0.1, 0.15) is 73.0 Å². The molecular weight excluding hydrogens is 419 g/mol. The third kappa shape index (κ3) is 4.37. The van der Waals surface area contributed by atoms with E-state index in [1.165, 1.54) is 17.0 Å². The summed E-state index contributed by atoms with van der Waals surface area (Å²) in [5.74, 6) is 0.343. The molecule has 0 spiro atoms. The van der Waals surface area contributed by atoms with E-state index < -0.39 is 5.41 Å². The van der Waals surface area contributed by atoms with Gasteiger partial charge in [-0.25, -0.2) is 14.4 Å². The number of carbonyl (C=O) groups is 2. The second-order valence-corrected chi connectivity index (χ2v) is 10.1. The van der Waals surface area contributed by atoms with Crippen LogP contribution in [0.4, 0.5) is 4.39 Å². The van der Waals surface area contributed by atoms with Crippen LogP contribution in [-0.2, 0) is 15.6 Å². The molecule has 0 atom stereocenters. The van der Waals surface area contributed by atoms with Crippen LogP contribution in [0.2, 0.25) is 0 Å². The number of carbonyl (C=O) groups excluding carboxylic acids is 2. The zero-order chi connectivity index (χ0) is 23.8. The number of hydrogen-bond donors (Lipinski definition) is 0. The van der Waals surface area contributed by atoms with Crippen molar-refractivity contribution in [3.05, 3.63) is 58.9 Å². The maximum atomic E-state index is 14.0. The predicted molar refractivity (Wildman–Crippen MR) is 124 cm³/mol. The molecule has 1 aliphatic heterocycles. The number of amides is 2. The Morgan fingerprint density at radius 2 is 1.70 bits per heavy atom. The normalized spacial score (nSPS) is 19.4. The van der Waals surface area contributed by atoms with Gasteiger partial charge in [0.25, 0.3) is 5.91 Å². The van der Waals surface area contributed by atoms with Gasteiger partial charge in [-0.15, -0.1) is 0 Å². The third-order valence-corrected chi connectivity index (χ3v) is 7.42. The van der Waals surface area contributed by atoms with Crippen molar-refractivity contribution in [3.8, 4) is 0 Å². The van der Waals surface area contributed by atoms with Gasteiger partial charge in [0.1, 0.15) is 17.3 Å². The van der Waals surface area contributed by atoms with Crippen LogP contribution in [0.15, 0.2) is 30.3 Å². The summed E-state index contributed by atoms with van der Waals surface area (Å²) in [6.07, 6.45) is 4.93. The van der Waals surface area contributed by atoms with Gasteiger partial charge in [-0.2, -0.15) is 0 Å². The minimum absolute atomic E-state index is 0.112. The van der Waals surface area contributed by atoms with E-state index in [9.17, 15) is 14.0 Å². The van der Waals surface area contributed by atoms with Gasteiger partial charge in [0, 0.05) is 38.3 Å². The van der Waals surface area contributed by atoms with Crippen molar-refractivity contribution in [1.82, 2.24) is 19.8 Å². The average Bonchev–Trinajstić information content (AvgIpc) is 3.29. The van der Waals surface area contributed by atoms with Crippen LogP contribution in [0.5, 0.6) is 0 Å². The summed E-state index contributed by atoms with van der Waals surface area (Å²) in [6.45, 7) is 5.19. The van der Waals surface area contributed by atoms with E-state index in [-0.39, 0.29) is 23.0 Å². The molecule has 1 saturated carbocycles. The van der Waals surface area contributed by atoms with Crippen molar-refractivity contribution in [2.45, 2.75) is 63.2 Å². The SMILES string of the molecule is Cc1cc(C(=O)N(C)C)nc(C2(C)CCN(C(=O)C3(c4cccc(F)c4)CCCC3)CC2)n1. The Kier molecular flexibility index (Phi) is 6.25. The number of rotatable bonds is 4. The zero-order valence-electron chi connectivity index (χ0n) is 20.0. The molecule has 7 heteroatoms. The second kappa shape index (κ2) is 8.84. The van der Waals surface area contributed by atoms with Gasteiger partial charge in [0.05, 0.1) is 5.41 Å². The maximum Gasteiger partial charge on any atom is 0.272 e. The summed E-state index contributed by atoms with van der Waals surface area (Å²) in [4.78, 5) is 39.0. The van der Waals surface area contributed by atoms with Gasteiger partial charge in [-0.3, -0.25) is 9.59 Å². The minimum atomic E-state index is -0.624. The van der Waals surface area contributed by atoms with Gasteiger partial charge in [-0.05, 0) is 56.4 Å². The van der Waals surface area contributed by atoms with E-state index in [0.717, 1.165) is 49.8 Å². The standard InChI is InChI=1S/C26H33FN4O2/c1-18-16-21(22(32)30(3)4)29-23(28-18)25(2)12-14-31(15-13-25)24(33)26(10-5-6-11-26)19-8-7-9-20(27)17-19/h7-9,16-17H,5-6,10-15H2,1-4H3. The highest BCUT2D eigenvalue weighted by atomic mass is 19.1. The number of likely N-dealkylation sites (tertiary alicyclic amines) is 1. The van der Waals surface area contributed by atoms with Crippen LogP contribution < -0.4 is 0 Å². The summed E-state index contributed by atoms with van der Waals surface area (Å²) >= 11 is 0. The predicted octanol–water partition coefficient (Wildman–Crippen LogP) is 4.02. The van der Waals surface area contributed by atoms with Crippen molar-refractivity contribution in [2.24, 2.45) is 0 Å².